The van der Waals surface area contributed by atoms with Gasteiger partial charge in [0.25, 0.3) is 5.91 Å². The lowest BCUT2D eigenvalue weighted by molar-refractivity contribution is 0.0954. The number of carbonyl (C=O) groups excluding carboxylic acids is 1. The van der Waals surface area contributed by atoms with Crippen LogP contribution in [0.4, 0.5) is 0 Å². The third kappa shape index (κ3) is 4.08. The van der Waals surface area contributed by atoms with Crippen molar-refractivity contribution in [2.75, 3.05) is 14.2 Å². The standard InChI is InChI=1S/C16H15BrN2O3/c1-21-13-7-12(8-14(9-13)22-2)16(20)19-18-10-11-5-3-4-6-15(11)17/h3-10H,1-2H3,(H,19,20)/b18-10+. The molecule has 22 heavy (non-hydrogen) atoms. The van der Waals surface area contributed by atoms with Crippen molar-refractivity contribution in [2.24, 2.45) is 5.10 Å². The summed E-state index contributed by atoms with van der Waals surface area (Å²) < 4.78 is 11.2. The smallest absolute Gasteiger partial charge is 0.271 e. The van der Waals surface area contributed by atoms with Crippen molar-refractivity contribution in [3.05, 3.63) is 58.1 Å². The number of benzene rings is 2. The van der Waals surface area contributed by atoms with Gasteiger partial charge in [-0.15, -0.1) is 0 Å². The summed E-state index contributed by atoms with van der Waals surface area (Å²) in [5, 5.41) is 3.95. The number of carbonyl (C=O) groups is 1. The van der Waals surface area contributed by atoms with Gasteiger partial charge < -0.3 is 9.47 Å². The highest BCUT2D eigenvalue weighted by atomic mass is 79.9. The van der Waals surface area contributed by atoms with Crippen LogP contribution in [0.5, 0.6) is 11.5 Å². The lowest BCUT2D eigenvalue weighted by atomic mass is 10.2. The number of amides is 1. The van der Waals surface area contributed by atoms with Crippen molar-refractivity contribution in [1.82, 2.24) is 5.43 Å². The molecular weight excluding hydrogens is 348 g/mol. The van der Waals surface area contributed by atoms with Gasteiger partial charge in [-0.25, -0.2) is 5.43 Å². The number of hydrogen-bond acceptors (Lipinski definition) is 4. The minimum atomic E-state index is -0.347. The normalized spacial score (nSPS) is 10.5. The van der Waals surface area contributed by atoms with E-state index in [4.69, 9.17) is 9.47 Å². The summed E-state index contributed by atoms with van der Waals surface area (Å²) in [5.41, 5.74) is 3.75. The molecule has 1 N–H and O–H groups in total. The Morgan fingerprint density at radius 1 is 1.14 bits per heavy atom. The lowest BCUT2D eigenvalue weighted by Crippen LogP contribution is -2.17. The molecule has 0 bridgehead atoms. The van der Waals surface area contributed by atoms with Gasteiger partial charge in [-0.2, -0.15) is 5.10 Å². The van der Waals surface area contributed by atoms with E-state index in [0.29, 0.717) is 17.1 Å². The Morgan fingerprint density at radius 2 is 1.77 bits per heavy atom. The quantitative estimate of drug-likeness (QED) is 0.656. The summed E-state index contributed by atoms with van der Waals surface area (Å²) in [4.78, 5) is 12.1. The van der Waals surface area contributed by atoms with E-state index in [2.05, 4.69) is 26.5 Å². The van der Waals surface area contributed by atoms with Gasteiger partial charge in [-0.05, 0) is 18.2 Å². The second-order valence-corrected chi connectivity index (χ2v) is 5.18. The van der Waals surface area contributed by atoms with Gasteiger partial charge in [0.15, 0.2) is 0 Å². The molecule has 0 radical (unpaired) electrons. The number of rotatable bonds is 5. The summed E-state index contributed by atoms with van der Waals surface area (Å²) in [6.45, 7) is 0. The first-order valence-electron chi connectivity index (χ1n) is 6.45. The molecule has 0 aromatic heterocycles. The van der Waals surface area contributed by atoms with Crippen molar-refractivity contribution >= 4 is 28.1 Å². The van der Waals surface area contributed by atoms with Crippen molar-refractivity contribution in [2.45, 2.75) is 0 Å². The van der Waals surface area contributed by atoms with E-state index in [0.717, 1.165) is 10.0 Å². The molecule has 0 fully saturated rings. The predicted octanol–water partition coefficient (Wildman–Crippen LogP) is 3.23. The molecule has 2 aromatic rings. The number of hydrazone groups is 1. The molecule has 0 saturated heterocycles. The van der Waals surface area contributed by atoms with Gasteiger partial charge in [-0.3, -0.25) is 4.79 Å². The summed E-state index contributed by atoms with van der Waals surface area (Å²) >= 11 is 3.41. The molecule has 5 nitrogen and oxygen atoms in total. The second kappa shape index (κ2) is 7.61. The molecule has 0 aliphatic carbocycles. The fraction of sp³-hybridized carbons (Fsp3) is 0.125. The minimum Gasteiger partial charge on any atom is -0.497 e. The third-order valence-corrected chi connectivity index (χ3v) is 3.61. The maximum atomic E-state index is 12.1. The molecule has 0 aliphatic heterocycles. The Kier molecular flexibility index (Phi) is 5.55. The zero-order chi connectivity index (χ0) is 15.9. The van der Waals surface area contributed by atoms with Crippen LogP contribution < -0.4 is 14.9 Å². The van der Waals surface area contributed by atoms with E-state index in [-0.39, 0.29) is 5.91 Å². The topological polar surface area (TPSA) is 59.9 Å². The average molecular weight is 363 g/mol. The third-order valence-electron chi connectivity index (χ3n) is 2.89. The first-order chi connectivity index (χ1) is 10.6. The number of methoxy groups -OCH3 is 2. The second-order valence-electron chi connectivity index (χ2n) is 4.32. The molecule has 2 aromatic carbocycles. The monoisotopic (exact) mass is 362 g/mol. The van der Waals surface area contributed by atoms with Crippen LogP contribution in [-0.2, 0) is 0 Å². The Bertz CT molecular complexity index is 679. The number of ether oxygens (including phenoxy) is 2. The van der Waals surface area contributed by atoms with Crippen molar-refractivity contribution in [3.8, 4) is 11.5 Å². The molecule has 0 spiro atoms. The van der Waals surface area contributed by atoms with Crippen LogP contribution in [0.1, 0.15) is 15.9 Å². The van der Waals surface area contributed by atoms with E-state index in [1.165, 1.54) is 14.2 Å². The van der Waals surface area contributed by atoms with Crippen LogP contribution in [0.3, 0.4) is 0 Å². The van der Waals surface area contributed by atoms with Crippen LogP contribution in [-0.4, -0.2) is 26.3 Å². The number of halogens is 1. The van der Waals surface area contributed by atoms with Gasteiger partial charge in [-0.1, -0.05) is 34.1 Å². The molecule has 114 valence electrons. The van der Waals surface area contributed by atoms with Crippen LogP contribution in [0.15, 0.2) is 52.0 Å². The number of nitrogens with zero attached hydrogens (tertiary/aromatic N) is 1. The first-order valence-corrected chi connectivity index (χ1v) is 7.24. The number of nitrogens with one attached hydrogen (secondary N) is 1. The van der Waals surface area contributed by atoms with Gasteiger partial charge in [0.1, 0.15) is 11.5 Å². The molecule has 6 heteroatoms. The molecular formula is C16H15BrN2O3. The molecule has 0 heterocycles. The number of hydrogen-bond donors (Lipinski definition) is 1. The fourth-order valence-electron chi connectivity index (χ4n) is 1.74. The Morgan fingerprint density at radius 3 is 2.36 bits per heavy atom. The summed E-state index contributed by atoms with van der Waals surface area (Å²) in [7, 11) is 3.06. The predicted molar refractivity (Wildman–Crippen MR) is 88.7 cm³/mol. The van der Waals surface area contributed by atoms with E-state index < -0.39 is 0 Å². The minimum absolute atomic E-state index is 0.347. The van der Waals surface area contributed by atoms with Crippen LogP contribution in [0, 0.1) is 0 Å². The van der Waals surface area contributed by atoms with Gasteiger partial charge in [0.05, 0.1) is 20.4 Å². The molecule has 0 unspecified atom stereocenters. The first kappa shape index (κ1) is 16.0. The van der Waals surface area contributed by atoms with E-state index in [1.807, 2.05) is 24.3 Å². The molecule has 0 aliphatic rings. The highest BCUT2D eigenvalue weighted by molar-refractivity contribution is 9.10. The maximum absolute atomic E-state index is 12.1. The molecule has 2 rings (SSSR count). The van der Waals surface area contributed by atoms with Gasteiger partial charge >= 0.3 is 0 Å². The van der Waals surface area contributed by atoms with Crippen molar-refractivity contribution in [1.29, 1.82) is 0 Å². The molecule has 0 saturated carbocycles. The Balaban J connectivity index is 2.11. The lowest BCUT2D eigenvalue weighted by Gasteiger charge is -2.07. The largest absolute Gasteiger partial charge is 0.497 e. The SMILES string of the molecule is COc1cc(OC)cc(C(=O)N/N=C/c2ccccc2Br)c1. The molecule has 1 amide bonds. The van der Waals surface area contributed by atoms with Gasteiger partial charge in [0, 0.05) is 21.7 Å². The van der Waals surface area contributed by atoms with Crippen LogP contribution in [0.2, 0.25) is 0 Å². The van der Waals surface area contributed by atoms with Gasteiger partial charge in [0.2, 0.25) is 0 Å². The summed E-state index contributed by atoms with van der Waals surface area (Å²) in [6, 6.07) is 12.5. The molecule has 0 atom stereocenters. The zero-order valence-electron chi connectivity index (χ0n) is 12.2. The average Bonchev–Trinajstić information content (AvgIpc) is 2.55. The van der Waals surface area contributed by atoms with Crippen molar-refractivity contribution < 1.29 is 14.3 Å². The fourth-order valence-corrected chi connectivity index (χ4v) is 2.13. The maximum Gasteiger partial charge on any atom is 0.271 e. The summed E-state index contributed by atoms with van der Waals surface area (Å²) in [5.74, 6) is 0.735. The van der Waals surface area contributed by atoms with E-state index >= 15 is 0 Å². The van der Waals surface area contributed by atoms with Crippen molar-refractivity contribution in [3.63, 3.8) is 0 Å². The highest BCUT2D eigenvalue weighted by Crippen LogP contribution is 2.22. The highest BCUT2D eigenvalue weighted by Gasteiger charge is 2.09. The Hall–Kier alpha value is -2.34. The van der Waals surface area contributed by atoms with Crippen LogP contribution in [0.25, 0.3) is 0 Å². The summed E-state index contributed by atoms with van der Waals surface area (Å²) in [6.07, 6.45) is 1.57. The van der Waals surface area contributed by atoms with E-state index in [1.54, 1.807) is 24.4 Å². The van der Waals surface area contributed by atoms with E-state index in [9.17, 15) is 4.79 Å². The Labute approximate surface area is 137 Å². The zero-order valence-corrected chi connectivity index (χ0v) is 13.8. The van der Waals surface area contributed by atoms with Crippen LogP contribution >= 0.6 is 15.9 Å².